The standard InChI is InChI=1S/C21H13FN4/c22-17-10-8-15(9-11-17)19-20(18-3-1-2-12-24-18)26-21(25-19)16-6-4-14(13-23)5-7-16/h1-12H,(H,25,26). The molecule has 1 N–H and O–H groups in total. The Morgan fingerprint density at radius 2 is 1.62 bits per heavy atom. The number of nitriles is 1. The van der Waals surface area contributed by atoms with Gasteiger partial charge >= 0.3 is 0 Å². The number of rotatable bonds is 3. The largest absolute Gasteiger partial charge is 0.336 e. The molecule has 5 heteroatoms. The Bertz CT molecular complexity index is 1080. The average molecular weight is 340 g/mol. The van der Waals surface area contributed by atoms with Crippen molar-refractivity contribution in [3.63, 3.8) is 0 Å². The lowest BCUT2D eigenvalue weighted by Crippen LogP contribution is -1.86. The van der Waals surface area contributed by atoms with Crippen LogP contribution < -0.4 is 0 Å². The minimum atomic E-state index is -0.295. The fourth-order valence-electron chi connectivity index (χ4n) is 2.73. The van der Waals surface area contributed by atoms with Crippen molar-refractivity contribution in [2.75, 3.05) is 0 Å². The Balaban J connectivity index is 1.87. The molecule has 0 saturated carbocycles. The van der Waals surface area contributed by atoms with Crippen LogP contribution in [0.25, 0.3) is 34.0 Å². The van der Waals surface area contributed by atoms with E-state index in [1.165, 1.54) is 12.1 Å². The zero-order valence-corrected chi connectivity index (χ0v) is 13.6. The molecule has 0 bridgehead atoms. The van der Waals surface area contributed by atoms with E-state index in [4.69, 9.17) is 10.2 Å². The molecular formula is C21H13FN4. The monoisotopic (exact) mass is 340 g/mol. The number of imidazole rings is 1. The summed E-state index contributed by atoms with van der Waals surface area (Å²) in [6.45, 7) is 0. The van der Waals surface area contributed by atoms with E-state index in [2.05, 4.69) is 16.0 Å². The van der Waals surface area contributed by atoms with Gasteiger partial charge in [-0.15, -0.1) is 0 Å². The third-order valence-electron chi connectivity index (χ3n) is 4.03. The molecule has 4 rings (SSSR count). The number of hydrogen-bond acceptors (Lipinski definition) is 3. The summed E-state index contributed by atoms with van der Waals surface area (Å²) in [6.07, 6.45) is 1.71. The molecular weight excluding hydrogens is 327 g/mol. The van der Waals surface area contributed by atoms with Crippen molar-refractivity contribution < 1.29 is 4.39 Å². The van der Waals surface area contributed by atoms with E-state index in [1.54, 1.807) is 30.5 Å². The molecule has 0 saturated heterocycles. The zero-order chi connectivity index (χ0) is 17.9. The molecule has 0 fully saturated rings. The summed E-state index contributed by atoms with van der Waals surface area (Å²) in [6, 6.07) is 21.1. The third-order valence-corrected chi connectivity index (χ3v) is 4.03. The molecule has 0 unspecified atom stereocenters. The van der Waals surface area contributed by atoms with Crippen molar-refractivity contribution >= 4 is 0 Å². The Kier molecular flexibility index (Phi) is 4.00. The van der Waals surface area contributed by atoms with Crippen molar-refractivity contribution in [3.8, 4) is 40.1 Å². The van der Waals surface area contributed by atoms with Gasteiger partial charge in [0.15, 0.2) is 0 Å². The van der Waals surface area contributed by atoms with Gasteiger partial charge in [-0.3, -0.25) is 4.98 Å². The lowest BCUT2D eigenvalue weighted by atomic mass is 10.1. The highest BCUT2D eigenvalue weighted by atomic mass is 19.1. The molecule has 124 valence electrons. The highest BCUT2D eigenvalue weighted by Crippen LogP contribution is 2.32. The number of hydrogen-bond donors (Lipinski definition) is 1. The first-order valence-corrected chi connectivity index (χ1v) is 8.02. The topological polar surface area (TPSA) is 65.4 Å². The van der Waals surface area contributed by atoms with Crippen LogP contribution in [0.1, 0.15) is 5.56 Å². The number of pyridine rings is 1. The minimum absolute atomic E-state index is 0.295. The van der Waals surface area contributed by atoms with E-state index in [-0.39, 0.29) is 5.82 Å². The van der Waals surface area contributed by atoms with Crippen LogP contribution in [0.15, 0.2) is 72.9 Å². The zero-order valence-electron chi connectivity index (χ0n) is 13.6. The second kappa shape index (κ2) is 6.61. The number of benzene rings is 2. The molecule has 2 heterocycles. The fraction of sp³-hybridized carbons (Fsp3) is 0. The predicted octanol–water partition coefficient (Wildman–Crippen LogP) is 4.82. The van der Waals surface area contributed by atoms with Crippen LogP contribution in [0.5, 0.6) is 0 Å². The summed E-state index contributed by atoms with van der Waals surface area (Å²) in [4.78, 5) is 12.4. The maximum atomic E-state index is 13.3. The van der Waals surface area contributed by atoms with Crippen molar-refractivity contribution in [1.82, 2.24) is 15.0 Å². The summed E-state index contributed by atoms with van der Waals surface area (Å²) >= 11 is 0. The maximum absolute atomic E-state index is 13.3. The van der Waals surface area contributed by atoms with Crippen LogP contribution in [0.3, 0.4) is 0 Å². The van der Waals surface area contributed by atoms with E-state index < -0.39 is 0 Å². The van der Waals surface area contributed by atoms with E-state index in [0.29, 0.717) is 17.1 Å². The number of H-pyrrole nitrogens is 1. The SMILES string of the molecule is N#Cc1ccc(-c2nc(-c3ccc(F)cc3)c(-c3ccccn3)[nH]2)cc1. The number of nitrogens with zero attached hydrogens (tertiary/aromatic N) is 3. The van der Waals surface area contributed by atoms with E-state index in [9.17, 15) is 4.39 Å². The van der Waals surface area contributed by atoms with Crippen LogP contribution in [0.4, 0.5) is 4.39 Å². The Morgan fingerprint density at radius 3 is 2.27 bits per heavy atom. The molecule has 2 aromatic heterocycles. The van der Waals surface area contributed by atoms with Crippen LogP contribution in [-0.4, -0.2) is 15.0 Å². The summed E-state index contributed by atoms with van der Waals surface area (Å²) in [5, 5.41) is 8.95. The van der Waals surface area contributed by atoms with Gasteiger partial charge in [-0.1, -0.05) is 6.07 Å². The second-order valence-electron chi connectivity index (χ2n) is 5.72. The normalized spacial score (nSPS) is 10.5. The Hall–Kier alpha value is -3.78. The number of halogens is 1. The minimum Gasteiger partial charge on any atom is -0.336 e. The van der Waals surface area contributed by atoms with Gasteiger partial charge in [-0.05, 0) is 60.7 Å². The van der Waals surface area contributed by atoms with E-state index >= 15 is 0 Å². The van der Waals surface area contributed by atoms with Gasteiger partial charge in [-0.25, -0.2) is 9.37 Å². The van der Waals surface area contributed by atoms with Crippen LogP contribution in [0, 0.1) is 17.1 Å². The molecule has 4 aromatic rings. The highest BCUT2D eigenvalue weighted by Gasteiger charge is 2.16. The number of aromatic amines is 1. The van der Waals surface area contributed by atoms with Gasteiger partial charge in [-0.2, -0.15) is 5.26 Å². The van der Waals surface area contributed by atoms with Crippen molar-refractivity contribution in [2.24, 2.45) is 0 Å². The summed E-state index contributed by atoms with van der Waals surface area (Å²) in [7, 11) is 0. The van der Waals surface area contributed by atoms with Gasteiger partial charge in [0.2, 0.25) is 0 Å². The first-order valence-electron chi connectivity index (χ1n) is 8.02. The molecule has 2 aromatic carbocycles. The Morgan fingerprint density at radius 1 is 0.885 bits per heavy atom. The first kappa shape index (κ1) is 15.7. The van der Waals surface area contributed by atoms with Crippen molar-refractivity contribution in [3.05, 3.63) is 84.3 Å². The molecule has 0 atom stereocenters. The van der Waals surface area contributed by atoms with Crippen LogP contribution >= 0.6 is 0 Å². The van der Waals surface area contributed by atoms with Gasteiger partial charge in [0.25, 0.3) is 0 Å². The molecule has 0 spiro atoms. The molecule has 0 radical (unpaired) electrons. The Labute approximate surface area is 149 Å². The number of aromatic nitrogens is 3. The van der Waals surface area contributed by atoms with E-state index in [0.717, 1.165) is 22.5 Å². The molecule has 0 aliphatic carbocycles. The third kappa shape index (κ3) is 2.96. The van der Waals surface area contributed by atoms with E-state index in [1.807, 2.05) is 30.3 Å². The summed E-state index contributed by atoms with van der Waals surface area (Å²) in [5.74, 6) is 0.366. The maximum Gasteiger partial charge on any atom is 0.138 e. The van der Waals surface area contributed by atoms with Gasteiger partial charge in [0.1, 0.15) is 11.6 Å². The quantitative estimate of drug-likeness (QED) is 0.582. The van der Waals surface area contributed by atoms with Gasteiger partial charge in [0.05, 0.1) is 28.7 Å². The second-order valence-corrected chi connectivity index (χ2v) is 5.72. The van der Waals surface area contributed by atoms with Crippen LogP contribution in [-0.2, 0) is 0 Å². The highest BCUT2D eigenvalue weighted by molar-refractivity contribution is 5.79. The molecule has 4 nitrogen and oxygen atoms in total. The molecule has 0 aliphatic rings. The first-order chi connectivity index (χ1) is 12.7. The number of nitrogens with one attached hydrogen (secondary N) is 1. The van der Waals surface area contributed by atoms with Gasteiger partial charge < -0.3 is 4.98 Å². The summed E-state index contributed by atoms with van der Waals surface area (Å²) < 4.78 is 13.3. The van der Waals surface area contributed by atoms with Gasteiger partial charge in [0, 0.05) is 17.3 Å². The molecule has 26 heavy (non-hydrogen) atoms. The fourth-order valence-corrected chi connectivity index (χ4v) is 2.73. The van der Waals surface area contributed by atoms with Crippen LogP contribution in [0.2, 0.25) is 0 Å². The lowest BCUT2D eigenvalue weighted by Gasteiger charge is -2.02. The smallest absolute Gasteiger partial charge is 0.138 e. The van der Waals surface area contributed by atoms with Crippen molar-refractivity contribution in [1.29, 1.82) is 5.26 Å². The lowest BCUT2D eigenvalue weighted by molar-refractivity contribution is 0.628. The predicted molar refractivity (Wildman–Crippen MR) is 97.4 cm³/mol. The molecule has 0 aliphatic heterocycles. The van der Waals surface area contributed by atoms with Crippen molar-refractivity contribution in [2.45, 2.75) is 0 Å². The average Bonchev–Trinajstić information content (AvgIpc) is 3.15. The summed E-state index contributed by atoms with van der Waals surface area (Å²) in [5.41, 5.74) is 4.45. The molecule has 0 amide bonds.